The second-order valence-corrected chi connectivity index (χ2v) is 7.27. The van der Waals surface area contributed by atoms with Gasteiger partial charge in [0.15, 0.2) is 5.82 Å². The standard InChI is InChI=1S/C21H25N5O3/c1-16-22-20(21(23-16)26(27)28)25(10-9-24-11-13-29-14-12-24)15-18-7-4-6-17-5-2-3-8-19(17)18/h2-8H,9-15H2,1H3,(H,22,23). The average molecular weight is 395 g/mol. The van der Waals surface area contributed by atoms with Gasteiger partial charge in [0.2, 0.25) is 5.82 Å². The first-order chi connectivity index (χ1) is 14.1. The van der Waals surface area contributed by atoms with Crippen molar-refractivity contribution in [2.75, 3.05) is 44.3 Å². The van der Waals surface area contributed by atoms with Crippen molar-refractivity contribution in [3.63, 3.8) is 0 Å². The highest BCUT2D eigenvalue weighted by atomic mass is 16.6. The van der Waals surface area contributed by atoms with E-state index in [1.165, 1.54) is 0 Å². The van der Waals surface area contributed by atoms with Gasteiger partial charge in [0.05, 0.1) is 13.2 Å². The zero-order valence-electron chi connectivity index (χ0n) is 16.5. The Kier molecular flexibility index (Phi) is 5.73. The first-order valence-electron chi connectivity index (χ1n) is 9.84. The van der Waals surface area contributed by atoms with Crippen LogP contribution in [-0.4, -0.2) is 59.2 Å². The molecule has 1 aliphatic heterocycles. The molecule has 0 atom stereocenters. The van der Waals surface area contributed by atoms with Gasteiger partial charge in [-0.25, -0.2) is 4.98 Å². The number of imidazole rings is 1. The number of ether oxygens (including phenoxy) is 1. The number of aromatic amines is 1. The summed E-state index contributed by atoms with van der Waals surface area (Å²) in [6.07, 6.45) is 0. The zero-order chi connectivity index (χ0) is 20.2. The predicted octanol–water partition coefficient (Wildman–Crippen LogP) is 3.12. The lowest BCUT2D eigenvalue weighted by Gasteiger charge is -2.30. The smallest absolute Gasteiger partial charge is 0.365 e. The van der Waals surface area contributed by atoms with Gasteiger partial charge in [-0.2, -0.15) is 4.98 Å². The molecule has 4 rings (SSSR count). The molecule has 0 bridgehead atoms. The largest absolute Gasteiger partial charge is 0.379 e. The molecule has 0 spiro atoms. The second kappa shape index (κ2) is 8.59. The molecule has 1 aliphatic rings. The quantitative estimate of drug-likeness (QED) is 0.489. The third-order valence-electron chi connectivity index (χ3n) is 5.30. The van der Waals surface area contributed by atoms with Crippen LogP contribution in [0.3, 0.4) is 0 Å². The van der Waals surface area contributed by atoms with E-state index in [9.17, 15) is 10.1 Å². The molecule has 1 N–H and O–H groups in total. The van der Waals surface area contributed by atoms with E-state index in [-0.39, 0.29) is 10.7 Å². The van der Waals surface area contributed by atoms with Gasteiger partial charge in [0.25, 0.3) is 0 Å². The summed E-state index contributed by atoms with van der Waals surface area (Å²) in [7, 11) is 0. The van der Waals surface area contributed by atoms with Crippen LogP contribution in [0.25, 0.3) is 10.8 Å². The van der Waals surface area contributed by atoms with Crippen molar-refractivity contribution in [2.45, 2.75) is 13.5 Å². The molecule has 0 radical (unpaired) electrons. The van der Waals surface area contributed by atoms with Gasteiger partial charge in [0.1, 0.15) is 0 Å². The van der Waals surface area contributed by atoms with Crippen molar-refractivity contribution in [3.8, 4) is 0 Å². The Morgan fingerprint density at radius 1 is 1.21 bits per heavy atom. The Hall–Kier alpha value is -2.97. The maximum absolute atomic E-state index is 11.6. The van der Waals surface area contributed by atoms with Crippen molar-refractivity contribution in [3.05, 3.63) is 64.0 Å². The summed E-state index contributed by atoms with van der Waals surface area (Å²) in [6, 6.07) is 14.4. The number of benzene rings is 2. The third-order valence-corrected chi connectivity index (χ3v) is 5.30. The highest BCUT2D eigenvalue weighted by molar-refractivity contribution is 5.85. The Labute approximate surface area is 169 Å². The first kappa shape index (κ1) is 19.4. The highest BCUT2D eigenvalue weighted by Crippen LogP contribution is 2.28. The molecule has 1 fully saturated rings. The minimum Gasteiger partial charge on any atom is -0.379 e. The van der Waals surface area contributed by atoms with Crippen molar-refractivity contribution >= 4 is 22.4 Å². The van der Waals surface area contributed by atoms with Crippen LogP contribution in [0, 0.1) is 17.0 Å². The molecule has 0 saturated carbocycles. The van der Waals surface area contributed by atoms with Gasteiger partial charge >= 0.3 is 5.82 Å². The van der Waals surface area contributed by atoms with E-state index in [4.69, 9.17) is 4.74 Å². The number of fused-ring (bicyclic) bond motifs is 1. The molecule has 2 heterocycles. The fraction of sp³-hybridized carbons (Fsp3) is 0.381. The van der Waals surface area contributed by atoms with Crippen LogP contribution in [0.1, 0.15) is 11.4 Å². The van der Waals surface area contributed by atoms with Gasteiger partial charge in [-0.1, -0.05) is 42.5 Å². The Balaban J connectivity index is 1.65. The van der Waals surface area contributed by atoms with Crippen molar-refractivity contribution < 1.29 is 9.66 Å². The lowest BCUT2D eigenvalue weighted by atomic mass is 10.0. The highest BCUT2D eigenvalue weighted by Gasteiger charge is 2.25. The molecule has 0 amide bonds. The lowest BCUT2D eigenvalue weighted by molar-refractivity contribution is -0.388. The van der Waals surface area contributed by atoms with Crippen LogP contribution >= 0.6 is 0 Å². The Morgan fingerprint density at radius 3 is 2.76 bits per heavy atom. The fourth-order valence-corrected chi connectivity index (χ4v) is 3.80. The number of nitrogens with one attached hydrogen (secondary N) is 1. The molecule has 0 unspecified atom stereocenters. The number of morpholine rings is 1. The summed E-state index contributed by atoms with van der Waals surface area (Å²) in [5, 5.41) is 13.9. The molecule has 0 aliphatic carbocycles. The molecule has 152 valence electrons. The van der Waals surface area contributed by atoms with Crippen LogP contribution in [0.5, 0.6) is 0 Å². The normalized spacial score (nSPS) is 14.9. The molecular weight excluding hydrogens is 370 g/mol. The van der Waals surface area contributed by atoms with Crippen molar-refractivity contribution in [2.24, 2.45) is 0 Å². The van der Waals surface area contributed by atoms with E-state index in [1.807, 2.05) is 23.1 Å². The van der Waals surface area contributed by atoms with E-state index in [0.29, 0.717) is 24.7 Å². The summed E-state index contributed by atoms with van der Waals surface area (Å²) in [6.45, 7) is 6.96. The van der Waals surface area contributed by atoms with Gasteiger partial charge in [0, 0.05) is 39.6 Å². The van der Waals surface area contributed by atoms with E-state index in [2.05, 4.69) is 39.1 Å². The SMILES string of the molecule is Cc1nc(N(CCN2CCOCC2)Cc2cccc3ccccc23)c([N+](=O)[O-])[nH]1. The molecule has 8 nitrogen and oxygen atoms in total. The summed E-state index contributed by atoms with van der Waals surface area (Å²) >= 11 is 0. The fourth-order valence-electron chi connectivity index (χ4n) is 3.80. The molecule has 1 aromatic heterocycles. The van der Waals surface area contributed by atoms with Crippen LogP contribution in [0.2, 0.25) is 0 Å². The molecule has 3 aromatic rings. The first-order valence-corrected chi connectivity index (χ1v) is 9.84. The third kappa shape index (κ3) is 4.38. The predicted molar refractivity (Wildman–Crippen MR) is 112 cm³/mol. The summed E-state index contributed by atoms with van der Waals surface area (Å²) in [5.74, 6) is 0.888. The number of rotatable bonds is 7. The summed E-state index contributed by atoms with van der Waals surface area (Å²) in [4.78, 5) is 22.8. The van der Waals surface area contributed by atoms with Gasteiger partial charge in [-0.15, -0.1) is 0 Å². The van der Waals surface area contributed by atoms with Crippen LogP contribution in [0.15, 0.2) is 42.5 Å². The van der Waals surface area contributed by atoms with E-state index >= 15 is 0 Å². The van der Waals surface area contributed by atoms with Crippen LogP contribution in [0.4, 0.5) is 11.6 Å². The number of H-pyrrole nitrogens is 1. The Morgan fingerprint density at radius 2 is 1.97 bits per heavy atom. The number of aryl methyl sites for hydroxylation is 1. The van der Waals surface area contributed by atoms with Crippen LogP contribution < -0.4 is 4.90 Å². The van der Waals surface area contributed by atoms with E-state index in [0.717, 1.165) is 49.2 Å². The maximum atomic E-state index is 11.6. The van der Waals surface area contributed by atoms with Gasteiger partial charge in [-0.3, -0.25) is 4.90 Å². The topological polar surface area (TPSA) is 87.5 Å². The molecule has 29 heavy (non-hydrogen) atoms. The number of hydrogen-bond donors (Lipinski definition) is 1. The number of hydrogen-bond acceptors (Lipinski definition) is 6. The van der Waals surface area contributed by atoms with E-state index < -0.39 is 0 Å². The number of nitro groups is 1. The Bertz CT molecular complexity index is 992. The molecular formula is C21H25N5O3. The molecule has 8 heteroatoms. The summed E-state index contributed by atoms with van der Waals surface area (Å²) < 4.78 is 5.43. The molecule has 2 aromatic carbocycles. The molecule has 1 saturated heterocycles. The minimum atomic E-state index is -0.389. The number of anilines is 1. The monoisotopic (exact) mass is 395 g/mol. The number of nitrogens with zero attached hydrogens (tertiary/aromatic N) is 4. The second-order valence-electron chi connectivity index (χ2n) is 7.27. The number of aromatic nitrogens is 2. The van der Waals surface area contributed by atoms with E-state index in [1.54, 1.807) is 6.92 Å². The lowest BCUT2D eigenvalue weighted by Crippen LogP contribution is -2.41. The maximum Gasteiger partial charge on any atom is 0.365 e. The van der Waals surface area contributed by atoms with Gasteiger partial charge < -0.3 is 19.8 Å². The summed E-state index contributed by atoms with van der Waals surface area (Å²) in [5.41, 5.74) is 1.13. The van der Waals surface area contributed by atoms with Crippen molar-refractivity contribution in [1.29, 1.82) is 0 Å². The zero-order valence-corrected chi connectivity index (χ0v) is 16.5. The average Bonchev–Trinajstić information content (AvgIpc) is 3.14. The van der Waals surface area contributed by atoms with Crippen LogP contribution in [-0.2, 0) is 11.3 Å². The van der Waals surface area contributed by atoms with Gasteiger partial charge in [-0.05, 0) is 21.3 Å². The minimum absolute atomic E-state index is 0.0512. The van der Waals surface area contributed by atoms with Crippen molar-refractivity contribution in [1.82, 2.24) is 14.9 Å².